The van der Waals surface area contributed by atoms with E-state index in [0.717, 1.165) is 25.7 Å². The molecule has 0 aromatic heterocycles. The van der Waals surface area contributed by atoms with Gasteiger partial charge in [-0.05, 0) is 18.8 Å². The Morgan fingerprint density at radius 3 is 2.07 bits per heavy atom. The third-order valence-corrected chi connectivity index (χ3v) is 4.49. The summed E-state index contributed by atoms with van der Waals surface area (Å²) in [5.41, 5.74) is 0.348. The number of hydrogen-bond donors (Lipinski definition) is 0. The van der Waals surface area contributed by atoms with E-state index >= 15 is 0 Å². The molecule has 3 heterocycles. The molecule has 4 aliphatic rings. The molecule has 1 aliphatic carbocycles. The third kappa shape index (κ3) is 0.980. The predicted molar refractivity (Wildman–Crippen MR) is 49.0 cm³/mol. The van der Waals surface area contributed by atoms with Crippen LogP contribution in [0, 0.1) is 11.3 Å². The number of hydrogen-bond acceptors (Lipinski definition) is 3. The van der Waals surface area contributed by atoms with Crippen molar-refractivity contribution in [3.63, 3.8) is 0 Å². The van der Waals surface area contributed by atoms with Crippen molar-refractivity contribution in [2.24, 2.45) is 11.3 Å². The summed E-state index contributed by atoms with van der Waals surface area (Å²) in [6.45, 7) is 2.90. The smallest absolute Gasteiger partial charge is 0.0895 e. The van der Waals surface area contributed by atoms with Crippen molar-refractivity contribution in [2.45, 2.75) is 37.6 Å². The van der Waals surface area contributed by atoms with E-state index < -0.39 is 0 Å². The summed E-state index contributed by atoms with van der Waals surface area (Å²) in [5.74, 6) is 0.725. The fraction of sp³-hybridized carbons (Fsp3) is 1.00. The second kappa shape index (κ2) is 2.52. The van der Waals surface area contributed by atoms with E-state index in [4.69, 9.17) is 14.2 Å². The minimum atomic E-state index is 0.348. The Balaban J connectivity index is 1.67. The van der Waals surface area contributed by atoms with Gasteiger partial charge in [-0.25, -0.2) is 0 Å². The molecule has 4 unspecified atom stereocenters. The summed E-state index contributed by atoms with van der Waals surface area (Å²) in [6.07, 6.45) is 5.48. The zero-order chi connectivity index (χ0) is 9.17. The van der Waals surface area contributed by atoms with E-state index in [0.29, 0.717) is 23.7 Å². The van der Waals surface area contributed by atoms with Crippen LogP contribution in [-0.4, -0.2) is 38.1 Å². The standard InChI is InChI=1S/C11H16O3/c1-2-7(8-4-12-8)11(3-1,9-5-13-9)10-6-14-10/h7-10H,1-6H2. The van der Waals surface area contributed by atoms with E-state index in [9.17, 15) is 0 Å². The largest absolute Gasteiger partial charge is 0.373 e. The van der Waals surface area contributed by atoms with E-state index in [1.54, 1.807) is 0 Å². The highest BCUT2D eigenvalue weighted by Crippen LogP contribution is 2.59. The Labute approximate surface area is 83.7 Å². The lowest BCUT2D eigenvalue weighted by Gasteiger charge is -2.31. The molecule has 4 rings (SSSR count). The van der Waals surface area contributed by atoms with Gasteiger partial charge in [0.15, 0.2) is 0 Å². The van der Waals surface area contributed by atoms with Crippen LogP contribution in [0.1, 0.15) is 19.3 Å². The molecule has 0 aromatic rings. The van der Waals surface area contributed by atoms with Crippen molar-refractivity contribution >= 4 is 0 Å². The molecular weight excluding hydrogens is 180 g/mol. The molecule has 3 nitrogen and oxygen atoms in total. The molecular formula is C11H16O3. The molecule has 0 N–H and O–H groups in total. The minimum Gasteiger partial charge on any atom is -0.373 e. The number of ether oxygens (including phenoxy) is 3. The molecule has 0 aromatic carbocycles. The zero-order valence-electron chi connectivity index (χ0n) is 8.28. The van der Waals surface area contributed by atoms with Gasteiger partial charge in [0.25, 0.3) is 0 Å². The maximum atomic E-state index is 5.57. The lowest BCUT2D eigenvalue weighted by molar-refractivity contribution is 0.0747. The van der Waals surface area contributed by atoms with E-state index in [1.165, 1.54) is 19.3 Å². The summed E-state index contributed by atoms with van der Waals surface area (Å²) in [4.78, 5) is 0. The van der Waals surface area contributed by atoms with Gasteiger partial charge >= 0.3 is 0 Å². The Bertz CT molecular complexity index is 241. The lowest BCUT2D eigenvalue weighted by Crippen LogP contribution is -2.40. The molecule has 4 fully saturated rings. The highest BCUT2D eigenvalue weighted by Gasteiger charge is 2.65. The van der Waals surface area contributed by atoms with Crippen LogP contribution in [0.15, 0.2) is 0 Å². The van der Waals surface area contributed by atoms with Crippen LogP contribution in [0.4, 0.5) is 0 Å². The summed E-state index contributed by atoms with van der Waals surface area (Å²) < 4.78 is 16.6. The van der Waals surface area contributed by atoms with Crippen LogP contribution in [0.3, 0.4) is 0 Å². The maximum Gasteiger partial charge on any atom is 0.0895 e. The van der Waals surface area contributed by atoms with Crippen molar-refractivity contribution in [3.8, 4) is 0 Å². The van der Waals surface area contributed by atoms with Crippen molar-refractivity contribution in [1.82, 2.24) is 0 Å². The van der Waals surface area contributed by atoms with Crippen LogP contribution in [0.5, 0.6) is 0 Å². The van der Waals surface area contributed by atoms with Crippen LogP contribution >= 0.6 is 0 Å². The molecule has 1 saturated carbocycles. The van der Waals surface area contributed by atoms with Crippen LogP contribution in [0.2, 0.25) is 0 Å². The second-order valence-electron chi connectivity index (χ2n) is 5.13. The van der Waals surface area contributed by atoms with Crippen LogP contribution in [0.25, 0.3) is 0 Å². The average Bonchev–Trinajstić information content (AvgIpc) is 3.07. The quantitative estimate of drug-likeness (QED) is 0.631. The number of epoxide rings is 3. The first-order valence-electron chi connectivity index (χ1n) is 5.76. The van der Waals surface area contributed by atoms with Crippen molar-refractivity contribution < 1.29 is 14.2 Å². The van der Waals surface area contributed by atoms with Crippen molar-refractivity contribution in [3.05, 3.63) is 0 Å². The molecule has 0 spiro atoms. The average molecular weight is 196 g/mol. The fourth-order valence-corrected chi connectivity index (χ4v) is 3.63. The van der Waals surface area contributed by atoms with E-state index in [-0.39, 0.29) is 0 Å². The highest BCUT2D eigenvalue weighted by atomic mass is 16.6. The van der Waals surface area contributed by atoms with Crippen molar-refractivity contribution in [1.29, 1.82) is 0 Å². The first-order chi connectivity index (χ1) is 6.91. The maximum absolute atomic E-state index is 5.57. The molecule has 78 valence electrons. The van der Waals surface area contributed by atoms with Gasteiger partial charge in [0.2, 0.25) is 0 Å². The van der Waals surface area contributed by atoms with E-state index in [1.807, 2.05) is 0 Å². The van der Waals surface area contributed by atoms with Gasteiger partial charge < -0.3 is 14.2 Å². The Morgan fingerprint density at radius 2 is 1.57 bits per heavy atom. The van der Waals surface area contributed by atoms with Crippen molar-refractivity contribution in [2.75, 3.05) is 19.8 Å². The molecule has 3 saturated heterocycles. The Hall–Kier alpha value is -0.120. The minimum absolute atomic E-state index is 0.348. The summed E-state index contributed by atoms with van der Waals surface area (Å²) in [6, 6.07) is 0. The second-order valence-corrected chi connectivity index (χ2v) is 5.13. The first kappa shape index (κ1) is 8.08. The fourth-order valence-electron chi connectivity index (χ4n) is 3.63. The predicted octanol–water partition coefficient (Wildman–Crippen LogP) is 0.969. The first-order valence-corrected chi connectivity index (χ1v) is 5.76. The Kier molecular flexibility index (Phi) is 1.45. The van der Waals surface area contributed by atoms with Gasteiger partial charge in [0.1, 0.15) is 0 Å². The zero-order valence-corrected chi connectivity index (χ0v) is 8.28. The monoisotopic (exact) mass is 196 g/mol. The van der Waals surface area contributed by atoms with Gasteiger partial charge in [0.05, 0.1) is 38.1 Å². The summed E-state index contributed by atoms with van der Waals surface area (Å²) in [7, 11) is 0. The molecule has 0 radical (unpaired) electrons. The van der Waals surface area contributed by atoms with Gasteiger partial charge in [0, 0.05) is 5.41 Å². The molecule has 0 amide bonds. The van der Waals surface area contributed by atoms with Gasteiger partial charge in [-0.15, -0.1) is 0 Å². The third-order valence-electron chi connectivity index (χ3n) is 4.49. The van der Waals surface area contributed by atoms with Gasteiger partial charge in [-0.3, -0.25) is 0 Å². The lowest BCUT2D eigenvalue weighted by atomic mass is 9.71. The number of rotatable bonds is 3. The normalized spacial score (nSPS) is 60.0. The summed E-state index contributed by atoms with van der Waals surface area (Å²) >= 11 is 0. The molecule has 14 heavy (non-hydrogen) atoms. The topological polar surface area (TPSA) is 37.6 Å². The van der Waals surface area contributed by atoms with Crippen LogP contribution < -0.4 is 0 Å². The molecule has 4 atom stereocenters. The summed E-state index contributed by atoms with van der Waals surface area (Å²) in [5, 5.41) is 0. The van der Waals surface area contributed by atoms with Gasteiger partial charge in [-0.1, -0.05) is 6.42 Å². The molecule has 3 heteroatoms. The van der Waals surface area contributed by atoms with Crippen LogP contribution in [-0.2, 0) is 14.2 Å². The SMILES string of the molecule is C1CC(C2CO2)C(C2CO2)(C2CO2)C1. The molecule has 3 aliphatic heterocycles. The molecule has 0 bridgehead atoms. The van der Waals surface area contributed by atoms with Gasteiger partial charge in [-0.2, -0.15) is 0 Å². The Morgan fingerprint density at radius 1 is 0.929 bits per heavy atom. The van der Waals surface area contributed by atoms with E-state index in [2.05, 4.69) is 0 Å². The highest BCUT2D eigenvalue weighted by molar-refractivity contribution is 5.12.